The first-order chi connectivity index (χ1) is 9.97. The van der Waals surface area contributed by atoms with Crippen LogP contribution in [0.1, 0.15) is 5.56 Å². The molecule has 2 nitrogen and oxygen atoms in total. The molecule has 0 aliphatic heterocycles. The number of rotatable bonds is 5. The van der Waals surface area contributed by atoms with Crippen molar-refractivity contribution in [1.82, 2.24) is 0 Å². The Morgan fingerprint density at radius 3 is 2.38 bits per heavy atom. The Morgan fingerprint density at radius 1 is 1.00 bits per heavy atom. The second kappa shape index (κ2) is 6.47. The summed E-state index contributed by atoms with van der Waals surface area (Å²) in [6, 6.07) is 11.8. The normalized spacial score (nSPS) is 11.2. The van der Waals surface area contributed by atoms with Gasteiger partial charge in [-0.2, -0.15) is 13.2 Å². The van der Waals surface area contributed by atoms with Crippen LogP contribution in [0.25, 0.3) is 0 Å². The molecule has 0 atom stereocenters. The summed E-state index contributed by atoms with van der Waals surface area (Å²) in [5.74, 6) is -0.608. The molecule has 0 radical (unpaired) electrons. The number of nitrogens with one attached hydrogen (secondary N) is 1. The van der Waals surface area contributed by atoms with Crippen molar-refractivity contribution in [2.24, 2.45) is 0 Å². The minimum absolute atomic E-state index is 0.195. The van der Waals surface area contributed by atoms with E-state index in [1.165, 1.54) is 6.07 Å². The first-order valence-electron chi connectivity index (χ1n) is 6.25. The van der Waals surface area contributed by atoms with Crippen LogP contribution in [0.5, 0.6) is 5.75 Å². The monoisotopic (exact) mass is 299 g/mol. The van der Waals surface area contributed by atoms with Gasteiger partial charge in [0, 0.05) is 12.2 Å². The molecule has 2 aromatic rings. The van der Waals surface area contributed by atoms with Gasteiger partial charge in [-0.25, -0.2) is 4.39 Å². The van der Waals surface area contributed by atoms with Gasteiger partial charge in [-0.1, -0.05) is 18.2 Å². The summed E-state index contributed by atoms with van der Waals surface area (Å²) < 4.78 is 56.1. The number of hydrogen-bond acceptors (Lipinski definition) is 2. The van der Waals surface area contributed by atoms with Gasteiger partial charge in [-0.3, -0.25) is 0 Å². The van der Waals surface area contributed by atoms with Gasteiger partial charge in [0.2, 0.25) is 0 Å². The summed E-state index contributed by atoms with van der Waals surface area (Å²) in [7, 11) is 0. The van der Waals surface area contributed by atoms with Crippen LogP contribution in [0, 0.1) is 5.82 Å². The van der Waals surface area contributed by atoms with Crippen molar-refractivity contribution in [3.8, 4) is 5.75 Å². The third kappa shape index (κ3) is 4.37. The van der Waals surface area contributed by atoms with Crippen LogP contribution < -0.4 is 10.1 Å². The van der Waals surface area contributed by atoms with E-state index in [0.717, 1.165) is 12.1 Å². The van der Waals surface area contributed by atoms with E-state index in [4.69, 9.17) is 4.74 Å². The average Bonchev–Trinajstić information content (AvgIpc) is 2.45. The van der Waals surface area contributed by atoms with Gasteiger partial charge in [0.25, 0.3) is 0 Å². The molecule has 0 amide bonds. The van der Waals surface area contributed by atoms with Gasteiger partial charge in [-0.15, -0.1) is 0 Å². The molecule has 0 heterocycles. The maximum absolute atomic E-state index is 13.1. The third-order valence-corrected chi connectivity index (χ3v) is 2.71. The summed E-state index contributed by atoms with van der Waals surface area (Å²) in [6.45, 7) is 0.584. The zero-order valence-electron chi connectivity index (χ0n) is 11.0. The van der Waals surface area contributed by atoms with Crippen LogP contribution in [0.4, 0.5) is 23.2 Å². The Balaban J connectivity index is 1.89. The van der Waals surface area contributed by atoms with E-state index in [9.17, 15) is 17.6 Å². The molecule has 0 aromatic heterocycles. The Bertz CT molecular complexity index is 584. The summed E-state index contributed by atoms with van der Waals surface area (Å²) in [4.78, 5) is 0. The molecule has 0 aliphatic carbocycles. The van der Waals surface area contributed by atoms with Gasteiger partial charge in [-0.05, 0) is 30.3 Å². The fourth-order valence-corrected chi connectivity index (χ4v) is 1.73. The summed E-state index contributed by atoms with van der Waals surface area (Å²) in [6.07, 6.45) is -4.71. The molecule has 0 unspecified atom stereocenters. The standard InChI is InChI=1S/C15H13F4NO/c16-14-7-6-11(10-13(14)15(17,18)19)20-8-9-21-12-4-2-1-3-5-12/h1-7,10,20H,8-9H2. The van der Waals surface area contributed by atoms with Gasteiger partial charge < -0.3 is 10.1 Å². The minimum Gasteiger partial charge on any atom is -0.492 e. The highest BCUT2D eigenvalue weighted by atomic mass is 19.4. The van der Waals surface area contributed by atoms with Gasteiger partial charge in [0.15, 0.2) is 0 Å². The lowest BCUT2D eigenvalue weighted by molar-refractivity contribution is -0.139. The molecule has 2 rings (SSSR count). The number of benzene rings is 2. The molecule has 0 spiro atoms. The maximum Gasteiger partial charge on any atom is 0.419 e. The Labute approximate surface area is 119 Å². The van der Waals surface area contributed by atoms with E-state index in [2.05, 4.69) is 5.32 Å². The van der Waals surface area contributed by atoms with Crippen LogP contribution in [0.2, 0.25) is 0 Å². The lowest BCUT2D eigenvalue weighted by atomic mass is 10.2. The lowest BCUT2D eigenvalue weighted by Crippen LogP contribution is -2.13. The van der Waals surface area contributed by atoms with E-state index in [1.807, 2.05) is 18.2 Å². The number of para-hydroxylation sites is 1. The van der Waals surface area contributed by atoms with Crippen LogP contribution in [0.15, 0.2) is 48.5 Å². The highest BCUT2D eigenvalue weighted by Crippen LogP contribution is 2.32. The number of anilines is 1. The van der Waals surface area contributed by atoms with Gasteiger partial charge >= 0.3 is 6.18 Å². The number of ether oxygens (including phenoxy) is 1. The minimum atomic E-state index is -4.71. The zero-order valence-corrected chi connectivity index (χ0v) is 11.0. The molecular weight excluding hydrogens is 286 g/mol. The van der Waals surface area contributed by atoms with Crippen LogP contribution >= 0.6 is 0 Å². The third-order valence-electron chi connectivity index (χ3n) is 2.71. The Morgan fingerprint density at radius 2 is 1.71 bits per heavy atom. The van der Waals surface area contributed by atoms with Crippen LogP contribution in [-0.4, -0.2) is 13.2 Å². The molecule has 0 fully saturated rings. The second-order valence-electron chi connectivity index (χ2n) is 4.28. The zero-order chi connectivity index (χ0) is 15.3. The SMILES string of the molecule is Fc1ccc(NCCOc2ccccc2)cc1C(F)(F)F. The smallest absolute Gasteiger partial charge is 0.419 e. The lowest BCUT2D eigenvalue weighted by Gasteiger charge is -2.12. The summed E-state index contributed by atoms with van der Waals surface area (Å²) in [5.41, 5.74) is -1.09. The van der Waals surface area contributed by atoms with Crippen molar-refractivity contribution in [2.45, 2.75) is 6.18 Å². The maximum atomic E-state index is 13.1. The molecule has 0 saturated carbocycles. The van der Waals surface area contributed by atoms with E-state index >= 15 is 0 Å². The molecule has 21 heavy (non-hydrogen) atoms. The second-order valence-corrected chi connectivity index (χ2v) is 4.28. The predicted molar refractivity (Wildman–Crippen MR) is 71.8 cm³/mol. The molecule has 1 N–H and O–H groups in total. The highest BCUT2D eigenvalue weighted by molar-refractivity contribution is 5.47. The van der Waals surface area contributed by atoms with E-state index in [0.29, 0.717) is 12.3 Å². The van der Waals surface area contributed by atoms with Crippen LogP contribution in [0.3, 0.4) is 0 Å². The summed E-state index contributed by atoms with van der Waals surface area (Å²) >= 11 is 0. The predicted octanol–water partition coefficient (Wildman–Crippen LogP) is 4.34. The first kappa shape index (κ1) is 15.2. The molecule has 0 bridgehead atoms. The van der Waals surface area contributed by atoms with E-state index < -0.39 is 17.6 Å². The number of alkyl halides is 3. The fraction of sp³-hybridized carbons (Fsp3) is 0.200. The van der Waals surface area contributed by atoms with Gasteiger partial charge in [0.1, 0.15) is 18.2 Å². The Hall–Kier alpha value is -2.24. The quantitative estimate of drug-likeness (QED) is 0.655. The van der Waals surface area contributed by atoms with E-state index in [-0.39, 0.29) is 12.3 Å². The van der Waals surface area contributed by atoms with Crippen molar-refractivity contribution in [2.75, 3.05) is 18.5 Å². The molecule has 0 aliphatic rings. The van der Waals surface area contributed by atoms with E-state index in [1.54, 1.807) is 12.1 Å². The molecule has 0 saturated heterocycles. The first-order valence-corrected chi connectivity index (χ1v) is 6.25. The van der Waals surface area contributed by atoms with Crippen molar-refractivity contribution in [3.63, 3.8) is 0 Å². The van der Waals surface area contributed by atoms with Crippen molar-refractivity contribution in [3.05, 3.63) is 59.9 Å². The molecule has 112 valence electrons. The molecular formula is C15H13F4NO. The largest absolute Gasteiger partial charge is 0.492 e. The van der Waals surface area contributed by atoms with Crippen molar-refractivity contribution < 1.29 is 22.3 Å². The van der Waals surface area contributed by atoms with Crippen molar-refractivity contribution >= 4 is 5.69 Å². The van der Waals surface area contributed by atoms with Crippen LogP contribution in [-0.2, 0) is 6.18 Å². The average molecular weight is 299 g/mol. The number of halogens is 4. The molecule has 6 heteroatoms. The fourth-order valence-electron chi connectivity index (χ4n) is 1.73. The van der Waals surface area contributed by atoms with Crippen molar-refractivity contribution in [1.29, 1.82) is 0 Å². The number of hydrogen-bond donors (Lipinski definition) is 1. The Kier molecular flexibility index (Phi) is 4.67. The highest BCUT2D eigenvalue weighted by Gasteiger charge is 2.34. The summed E-state index contributed by atoms with van der Waals surface area (Å²) in [5, 5.41) is 2.76. The molecule has 2 aromatic carbocycles. The van der Waals surface area contributed by atoms with Gasteiger partial charge in [0.05, 0.1) is 5.56 Å². The topological polar surface area (TPSA) is 21.3 Å².